The summed E-state index contributed by atoms with van der Waals surface area (Å²) in [4.78, 5) is 19.7. The van der Waals surface area contributed by atoms with E-state index in [1.165, 1.54) is 0 Å². The summed E-state index contributed by atoms with van der Waals surface area (Å²) in [7, 11) is 1.66. The van der Waals surface area contributed by atoms with Gasteiger partial charge in [-0.1, -0.05) is 12.1 Å². The van der Waals surface area contributed by atoms with E-state index in [4.69, 9.17) is 4.74 Å². The van der Waals surface area contributed by atoms with Crippen molar-refractivity contribution >= 4 is 11.7 Å². The second kappa shape index (κ2) is 9.47. The van der Waals surface area contributed by atoms with Crippen LogP contribution in [0.5, 0.6) is 5.75 Å². The number of aliphatic hydroxyl groups is 1. The minimum atomic E-state index is -0.199. The molecule has 2 N–H and O–H groups in total. The molecule has 0 radical (unpaired) electrons. The Labute approximate surface area is 178 Å². The molecule has 6 heteroatoms. The largest absolute Gasteiger partial charge is 0.497 e. The van der Waals surface area contributed by atoms with Gasteiger partial charge in [-0.15, -0.1) is 0 Å². The number of nitrogens with zero attached hydrogens (tertiary/aromatic N) is 2. The molecule has 1 aliphatic carbocycles. The highest BCUT2D eigenvalue weighted by molar-refractivity contribution is 5.80. The first-order valence-electron chi connectivity index (χ1n) is 11.0. The van der Waals surface area contributed by atoms with E-state index < -0.39 is 0 Å². The number of benzene rings is 1. The molecule has 2 aliphatic rings. The number of nitrogens with one attached hydrogen (secondary N) is 1. The quantitative estimate of drug-likeness (QED) is 0.792. The number of hydrogen-bond donors (Lipinski definition) is 2. The topological polar surface area (TPSA) is 74.7 Å². The van der Waals surface area contributed by atoms with E-state index in [1.807, 2.05) is 36.5 Å². The monoisotopic (exact) mass is 409 g/mol. The average molecular weight is 410 g/mol. The van der Waals surface area contributed by atoms with Gasteiger partial charge >= 0.3 is 0 Å². The molecular formula is C24H31N3O3. The number of rotatable bonds is 5. The third-order valence-corrected chi connectivity index (χ3v) is 6.33. The lowest BCUT2D eigenvalue weighted by Crippen LogP contribution is -2.47. The lowest BCUT2D eigenvalue weighted by Gasteiger charge is -2.34. The maximum atomic E-state index is 12.8. The molecular weight excluding hydrogens is 378 g/mol. The van der Waals surface area contributed by atoms with Crippen molar-refractivity contribution in [2.24, 2.45) is 5.92 Å². The fourth-order valence-electron chi connectivity index (χ4n) is 4.47. The van der Waals surface area contributed by atoms with Crippen LogP contribution < -0.4 is 15.0 Å². The maximum absolute atomic E-state index is 12.8. The SMILES string of the molecule is COc1ccc(-c2ccc(N3CCCC(C(=O)NC4CCC(O)CC4)C3)nc2)cc1. The molecule has 6 nitrogen and oxygen atoms in total. The van der Waals surface area contributed by atoms with Crippen molar-refractivity contribution in [3.8, 4) is 16.9 Å². The van der Waals surface area contributed by atoms with Crippen LogP contribution in [0.15, 0.2) is 42.6 Å². The highest BCUT2D eigenvalue weighted by Crippen LogP contribution is 2.26. The molecule has 30 heavy (non-hydrogen) atoms. The van der Waals surface area contributed by atoms with Gasteiger partial charge < -0.3 is 20.1 Å². The summed E-state index contributed by atoms with van der Waals surface area (Å²) in [5.41, 5.74) is 2.16. The number of carbonyl (C=O) groups is 1. The van der Waals surface area contributed by atoms with Gasteiger partial charge in [0, 0.05) is 30.9 Å². The molecule has 1 amide bonds. The number of amides is 1. The number of methoxy groups -OCH3 is 1. The minimum absolute atomic E-state index is 0.00587. The van der Waals surface area contributed by atoms with Gasteiger partial charge in [-0.3, -0.25) is 4.79 Å². The van der Waals surface area contributed by atoms with E-state index in [9.17, 15) is 9.90 Å². The van der Waals surface area contributed by atoms with Crippen LogP contribution in [-0.4, -0.2) is 48.3 Å². The Morgan fingerprint density at radius 3 is 2.47 bits per heavy atom. The molecule has 1 aliphatic heterocycles. The molecule has 0 bridgehead atoms. The normalized spacial score (nSPS) is 24.3. The first-order valence-corrected chi connectivity index (χ1v) is 11.0. The molecule has 1 saturated heterocycles. The van der Waals surface area contributed by atoms with Crippen molar-refractivity contribution in [3.05, 3.63) is 42.6 Å². The van der Waals surface area contributed by atoms with Gasteiger partial charge in [-0.25, -0.2) is 4.98 Å². The summed E-state index contributed by atoms with van der Waals surface area (Å²) in [6.07, 6.45) is 6.92. The van der Waals surface area contributed by atoms with E-state index >= 15 is 0 Å². The maximum Gasteiger partial charge on any atom is 0.225 e. The van der Waals surface area contributed by atoms with Gasteiger partial charge in [0.1, 0.15) is 11.6 Å². The molecule has 1 atom stereocenters. The van der Waals surface area contributed by atoms with Crippen molar-refractivity contribution in [2.75, 3.05) is 25.1 Å². The summed E-state index contributed by atoms with van der Waals surface area (Å²) in [6, 6.07) is 12.3. The van der Waals surface area contributed by atoms with E-state index in [0.717, 1.165) is 67.8 Å². The fourth-order valence-corrected chi connectivity index (χ4v) is 4.47. The standard InChI is InChI=1S/C24H31N3O3/c1-30-22-11-4-17(5-12-22)18-6-13-23(25-15-18)27-14-2-3-19(16-27)24(29)26-20-7-9-21(28)10-8-20/h4-6,11-13,15,19-21,28H,2-3,7-10,14,16H2,1H3,(H,26,29). The Kier molecular flexibility index (Phi) is 6.53. The van der Waals surface area contributed by atoms with Gasteiger partial charge in [-0.05, 0) is 68.4 Å². The number of carbonyl (C=O) groups excluding carboxylic acids is 1. The van der Waals surface area contributed by atoms with Gasteiger partial charge in [0.05, 0.1) is 19.1 Å². The van der Waals surface area contributed by atoms with Crippen LogP contribution in [0.25, 0.3) is 11.1 Å². The van der Waals surface area contributed by atoms with Crippen molar-refractivity contribution in [1.29, 1.82) is 0 Å². The fraction of sp³-hybridized carbons (Fsp3) is 0.500. The van der Waals surface area contributed by atoms with Crippen LogP contribution in [0.3, 0.4) is 0 Å². The molecule has 4 rings (SSSR count). The summed E-state index contributed by atoms with van der Waals surface area (Å²) in [5.74, 6) is 1.90. The van der Waals surface area contributed by atoms with Crippen LogP contribution in [0.1, 0.15) is 38.5 Å². The number of aromatic nitrogens is 1. The zero-order chi connectivity index (χ0) is 20.9. The molecule has 2 aromatic rings. The van der Waals surface area contributed by atoms with E-state index in [0.29, 0.717) is 6.54 Å². The lowest BCUT2D eigenvalue weighted by atomic mass is 9.91. The van der Waals surface area contributed by atoms with Gasteiger partial charge in [0.2, 0.25) is 5.91 Å². The predicted octanol–water partition coefficient (Wildman–Crippen LogP) is 3.39. The number of piperidine rings is 1. The first-order chi connectivity index (χ1) is 14.6. The second-order valence-corrected chi connectivity index (χ2v) is 8.43. The van der Waals surface area contributed by atoms with Gasteiger partial charge in [-0.2, -0.15) is 0 Å². The van der Waals surface area contributed by atoms with Crippen LogP contribution in [0.2, 0.25) is 0 Å². The van der Waals surface area contributed by atoms with Crippen molar-refractivity contribution in [3.63, 3.8) is 0 Å². The number of hydrogen-bond acceptors (Lipinski definition) is 5. The summed E-state index contributed by atoms with van der Waals surface area (Å²) in [6.45, 7) is 1.63. The third-order valence-electron chi connectivity index (χ3n) is 6.33. The van der Waals surface area contributed by atoms with Crippen molar-refractivity contribution < 1.29 is 14.6 Å². The summed E-state index contributed by atoms with van der Waals surface area (Å²) in [5, 5.41) is 12.9. The van der Waals surface area contributed by atoms with Gasteiger partial charge in [0.15, 0.2) is 0 Å². The molecule has 2 fully saturated rings. The first kappa shape index (κ1) is 20.7. The van der Waals surface area contributed by atoms with E-state index in [1.54, 1.807) is 7.11 Å². The zero-order valence-electron chi connectivity index (χ0n) is 17.6. The number of aliphatic hydroxyl groups excluding tert-OH is 1. The van der Waals surface area contributed by atoms with E-state index in [-0.39, 0.29) is 24.0 Å². The number of pyridine rings is 1. The van der Waals surface area contributed by atoms with Crippen LogP contribution in [0, 0.1) is 5.92 Å². The van der Waals surface area contributed by atoms with Crippen LogP contribution >= 0.6 is 0 Å². The number of ether oxygens (including phenoxy) is 1. The molecule has 1 unspecified atom stereocenters. The second-order valence-electron chi connectivity index (χ2n) is 8.43. The Morgan fingerprint density at radius 2 is 1.80 bits per heavy atom. The molecule has 1 aromatic heterocycles. The van der Waals surface area contributed by atoms with Crippen LogP contribution in [-0.2, 0) is 4.79 Å². The molecule has 1 saturated carbocycles. The summed E-state index contributed by atoms with van der Waals surface area (Å²) < 4.78 is 5.22. The number of anilines is 1. The van der Waals surface area contributed by atoms with Crippen molar-refractivity contribution in [2.45, 2.75) is 50.7 Å². The van der Waals surface area contributed by atoms with E-state index in [2.05, 4.69) is 21.3 Å². The average Bonchev–Trinajstić information content (AvgIpc) is 2.81. The Bertz CT molecular complexity index is 830. The van der Waals surface area contributed by atoms with Gasteiger partial charge in [0.25, 0.3) is 0 Å². The molecule has 2 heterocycles. The van der Waals surface area contributed by atoms with Crippen LogP contribution in [0.4, 0.5) is 5.82 Å². The Balaban J connectivity index is 1.36. The zero-order valence-corrected chi connectivity index (χ0v) is 17.6. The summed E-state index contributed by atoms with van der Waals surface area (Å²) >= 11 is 0. The Hall–Kier alpha value is -2.60. The molecule has 0 spiro atoms. The molecule has 160 valence electrons. The highest BCUT2D eigenvalue weighted by atomic mass is 16.5. The molecule has 1 aromatic carbocycles. The smallest absolute Gasteiger partial charge is 0.225 e. The Morgan fingerprint density at radius 1 is 1.07 bits per heavy atom. The minimum Gasteiger partial charge on any atom is -0.497 e. The third kappa shape index (κ3) is 4.93. The predicted molar refractivity (Wildman–Crippen MR) is 118 cm³/mol. The van der Waals surface area contributed by atoms with Crippen molar-refractivity contribution in [1.82, 2.24) is 10.3 Å². The highest BCUT2D eigenvalue weighted by Gasteiger charge is 2.29. The lowest BCUT2D eigenvalue weighted by molar-refractivity contribution is -0.126.